The van der Waals surface area contributed by atoms with Crippen molar-refractivity contribution >= 4 is 0 Å². The largest absolute Gasteiger partial charge is 0.487 e. The highest BCUT2D eigenvalue weighted by atomic mass is 16.5. The summed E-state index contributed by atoms with van der Waals surface area (Å²) in [5, 5.41) is 14.0. The number of ether oxygens (including phenoxy) is 2. The topological polar surface area (TPSA) is 50.7 Å². The molecule has 1 aromatic rings. The predicted molar refractivity (Wildman–Crippen MR) is 79.4 cm³/mol. The zero-order valence-corrected chi connectivity index (χ0v) is 12.3. The highest BCUT2D eigenvalue weighted by Crippen LogP contribution is 2.48. The van der Waals surface area contributed by atoms with Gasteiger partial charge in [0.15, 0.2) is 0 Å². The molecular weight excluding hydrogens is 266 g/mol. The second kappa shape index (κ2) is 4.97. The van der Waals surface area contributed by atoms with Gasteiger partial charge in [-0.1, -0.05) is 18.2 Å². The summed E-state index contributed by atoms with van der Waals surface area (Å²) < 4.78 is 11.6. The normalized spacial score (nSPS) is 33.3. The molecule has 0 aromatic heterocycles. The van der Waals surface area contributed by atoms with Gasteiger partial charge in [-0.3, -0.25) is 0 Å². The first-order chi connectivity index (χ1) is 10.2. The van der Waals surface area contributed by atoms with E-state index in [0.717, 1.165) is 31.4 Å². The van der Waals surface area contributed by atoms with E-state index in [9.17, 15) is 5.11 Å². The molecule has 1 spiro atoms. The van der Waals surface area contributed by atoms with Crippen LogP contribution >= 0.6 is 0 Å². The van der Waals surface area contributed by atoms with Crippen molar-refractivity contribution < 1.29 is 14.6 Å². The molecule has 1 saturated carbocycles. The molecule has 2 heterocycles. The van der Waals surface area contributed by atoms with Crippen molar-refractivity contribution in [1.29, 1.82) is 0 Å². The van der Waals surface area contributed by atoms with Crippen molar-refractivity contribution in [2.45, 2.75) is 49.3 Å². The fraction of sp³-hybridized carbons (Fsp3) is 0.647. The van der Waals surface area contributed by atoms with Gasteiger partial charge in [-0.05, 0) is 25.3 Å². The van der Waals surface area contributed by atoms with Crippen LogP contribution in [0.3, 0.4) is 0 Å². The standard InChI is InChI=1S/C17H23NO3/c19-16(8-9-20-12-16)11-18-14-10-17(6-3-7-17)21-15-5-2-1-4-13(14)15/h1-2,4-5,14,18-19H,3,6-12H2/t14-,16+/m1/s1. The van der Waals surface area contributed by atoms with E-state index < -0.39 is 5.60 Å². The first-order valence-electron chi connectivity index (χ1n) is 8.00. The van der Waals surface area contributed by atoms with Gasteiger partial charge >= 0.3 is 0 Å². The lowest BCUT2D eigenvalue weighted by Gasteiger charge is -2.48. The number of rotatable bonds is 3. The first-order valence-corrected chi connectivity index (χ1v) is 8.00. The van der Waals surface area contributed by atoms with Crippen LogP contribution in [0.25, 0.3) is 0 Å². The van der Waals surface area contributed by atoms with Gasteiger partial charge in [0.2, 0.25) is 0 Å². The molecule has 2 fully saturated rings. The lowest BCUT2D eigenvalue weighted by atomic mass is 9.73. The van der Waals surface area contributed by atoms with E-state index in [1.807, 2.05) is 6.07 Å². The summed E-state index contributed by atoms with van der Waals surface area (Å²) in [6, 6.07) is 8.55. The van der Waals surface area contributed by atoms with Gasteiger partial charge in [0.05, 0.1) is 6.61 Å². The summed E-state index contributed by atoms with van der Waals surface area (Å²) in [6.45, 7) is 1.69. The minimum absolute atomic E-state index is 0.0286. The van der Waals surface area contributed by atoms with Crippen molar-refractivity contribution in [3.8, 4) is 5.75 Å². The number of benzene rings is 1. The van der Waals surface area contributed by atoms with Crippen LogP contribution in [0, 0.1) is 0 Å². The SMILES string of the molecule is O[C@]1(CN[C@@H]2CC3(CCC3)Oc3ccccc32)CCOC1. The Bertz CT molecular complexity index is 521. The number of aliphatic hydroxyl groups is 1. The number of fused-ring (bicyclic) bond motifs is 1. The Morgan fingerprint density at radius 1 is 1.24 bits per heavy atom. The zero-order chi connectivity index (χ0) is 14.3. The second-order valence-electron chi connectivity index (χ2n) is 6.84. The van der Waals surface area contributed by atoms with Crippen LogP contribution in [-0.2, 0) is 4.74 Å². The molecule has 0 radical (unpaired) electrons. The minimum atomic E-state index is -0.708. The molecule has 114 valence electrons. The maximum absolute atomic E-state index is 10.5. The predicted octanol–water partition coefficient (Wildman–Crippen LogP) is 2.17. The van der Waals surface area contributed by atoms with Crippen LogP contribution in [0.5, 0.6) is 5.75 Å². The van der Waals surface area contributed by atoms with Crippen molar-refractivity contribution in [2.75, 3.05) is 19.8 Å². The third kappa shape index (κ3) is 2.45. The van der Waals surface area contributed by atoms with Crippen LogP contribution in [0.4, 0.5) is 0 Å². The minimum Gasteiger partial charge on any atom is -0.487 e. The van der Waals surface area contributed by atoms with Crippen molar-refractivity contribution in [3.05, 3.63) is 29.8 Å². The molecule has 0 unspecified atom stereocenters. The lowest BCUT2D eigenvalue weighted by Crippen LogP contribution is -2.51. The molecule has 3 aliphatic rings. The number of hydrogen-bond acceptors (Lipinski definition) is 4. The zero-order valence-electron chi connectivity index (χ0n) is 12.3. The summed E-state index contributed by atoms with van der Waals surface area (Å²) >= 11 is 0. The molecule has 4 nitrogen and oxygen atoms in total. The Kier molecular flexibility index (Phi) is 3.21. The Morgan fingerprint density at radius 3 is 2.81 bits per heavy atom. The van der Waals surface area contributed by atoms with Crippen LogP contribution in [0.2, 0.25) is 0 Å². The third-order valence-electron chi connectivity index (χ3n) is 5.22. The molecule has 1 aromatic carbocycles. The van der Waals surface area contributed by atoms with E-state index in [1.165, 1.54) is 12.0 Å². The molecule has 2 aliphatic heterocycles. The van der Waals surface area contributed by atoms with Gasteiger partial charge in [-0.15, -0.1) is 0 Å². The van der Waals surface area contributed by atoms with Gasteiger partial charge in [0.1, 0.15) is 17.0 Å². The van der Waals surface area contributed by atoms with Gasteiger partial charge < -0.3 is 19.9 Å². The number of para-hydroxylation sites is 1. The first kappa shape index (κ1) is 13.6. The highest BCUT2D eigenvalue weighted by molar-refractivity contribution is 5.39. The summed E-state index contributed by atoms with van der Waals surface area (Å²) in [6.07, 6.45) is 5.27. The number of nitrogens with one attached hydrogen (secondary N) is 1. The van der Waals surface area contributed by atoms with Crippen molar-refractivity contribution in [2.24, 2.45) is 0 Å². The Morgan fingerprint density at radius 2 is 2.10 bits per heavy atom. The fourth-order valence-electron chi connectivity index (χ4n) is 3.73. The molecule has 4 heteroatoms. The van der Waals surface area contributed by atoms with E-state index in [0.29, 0.717) is 19.8 Å². The monoisotopic (exact) mass is 289 g/mol. The van der Waals surface area contributed by atoms with E-state index in [-0.39, 0.29) is 11.6 Å². The summed E-state index contributed by atoms with van der Waals surface area (Å²) in [5.41, 5.74) is 0.540. The van der Waals surface area contributed by atoms with Gasteiger partial charge in [-0.2, -0.15) is 0 Å². The summed E-state index contributed by atoms with van der Waals surface area (Å²) in [5.74, 6) is 1.01. The maximum atomic E-state index is 10.5. The highest BCUT2D eigenvalue weighted by Gasteiger charge is 2.46. The van der Waals surface area contributed by atoms with Crippen LogP contribution in [0.1, 0.15) is 43.7 Å². The Labute approximate surface area is 125 Å². The quantitative estimate of drug-likeness (QED) is 0.895. The maximum Gasteiger partial charge on any atom is 0.124 e. The molecule has 0 amide bonds. The molecule has 1 saturated heterocycles. The smallest absolute Gasteiger partial charge is 0.124 e. The van der Waals surface area contributed by atoms with E-state index in [1.54, 1.807) is 0 Å². The third-order valence-corrected chi connectivity index (χ3v) is 5.22. The van der Waals surface area contributed by atoms with Crippen LogP contribution in [-0.4, -0.2) is 36.1 Å². The van der Waals surface area contributed by atoms with Gasteiger partial charge in [-0.25, -0.2) is 0 Å². The molecule has 21 heavy (non-hydrogen) atoms. The van der Waals surface area contributed by atoms with Gasteiger partial charge in [0.25, 0.3) is 0 Å². The Balaban J connectivity index is 1.53. The molecule has 4 rings (SSSR count). The van der Waals surface area contributed by atoms with Crippen LogP contribution < -0.4 is 10.1 Å². The molecule has 0 bridgehead atoms. The van der Waals surface area contributed by atoms with E-state index >= 15 is 0 Å². The molecule has 2 atom stereocenters. The lowest BCUT2D eigenvalue weighted by molar-refractivity contribution is -0.0411. The summed E-state index contributed by atoms with van der Waals surface area (Å²) in [4.78, 5) is 0. The van der Waals surface area contributed by atoms with Crippen molar-refractivity contribution in [3.63, 3.8) is 0 Å². The number of hydrogen-bond donors (Lipinski definition) is 2. The fourth-order valence-corrected chi connectivity index (χ4v) is 3.73. The van der Waals surface area contributed by atoms with Crippen molar-refractivity contribution in [1.82, 2.24) is 5.32 Å². The van der Waals surface area contributed by atoms with E-state index in [2.05, 4.69) is 23.5 Å². The average molecular weight is 289 g/mol. The summed E-state index contributed by atoms with van der Waals surface area (Å²) in [7, 11) is 0. The Hall–Kier alpha value is -1.10. The van der Waals surface area contributed by atoms with E-state index in [4.69, 9.17) is 9.47 Å². The molecule has 1 aliphatic carbocycles. The second-order valence-corrected chi connectivity index (χ2v) is 6.84. The van der Waals surface area contributed by atoms with Gasteiger partial charge in [0, 0.05) is 37.6 Å². The average Bonchev–Trinajstić information content (AvgIpc) is 2.90. The van der Waals surface area contributed by atoms with Crippen LogP contribution in [0.15, 0.2) is 24.3 Å². The molecular formula is C17H23NO3. The molecule has 2 N–H and O–H groups in total.